The van der Waals surface area contributed by atoms with E-state index >= 15 is 0 Å². The topological polar surface area (TPSA) is 63.6 Å². The van der Waals surface area contributed by atoms with Crippen molar-refractivity contribution in [2.45, 2.75) is 39.2 Å². The van der Waals surface area contributed by atoms with Gasteiger partial charge in [0.15, 0.2) is 0 Å². The van der Waals surface area contributed by atoms with E-state index in [0.29, 0.717) is 12.8 Å². The first-order valence-corrected chi connectivity index (χ1v) is 4.77. The number of hydrogen-bond acceptors (Lipinski definition) is 3. The van der Waals surface area contributed by atoms with E-state index in [1.807, 2.05) is 0 Å². The van der Waals surface area contributed by atoms with Gasteiger partial charge in [0.05, 0.1) is 11.8 Å². The number of aliphatic carboxylic acids is 1. The molecule has 0 aliphatic heterocycles. The molecule has 80 valence electrons. The first-order valence-electron chi connectivity index (χ1n) is 4.77. The van der Waals surface area contributed by atoms with Gasteiger partial charge in [0.25, 0.3) is 0 Å². The van der Waals surface area contributed by atoms with Crippen molar-refractivity contribution < 1.29 is 19.4 Å². The maximum absolute atomic E-state index is 11.5. The van der Waals surface area contributed by atoms with Gasteiger partial charge in [-0.1, -0.05) is 0 Å². The third kappa shape index (κ3) is 2.47. The predicted molar refractivity (Wildman–Crippen MR) is 49.7 cm³/mol. The zero-order valence-corrected chi connectivity index (χ0v) is 8.74. The molecule has 14 heavy (non-hydrogen) atoms. The molecule has 4 heteroatoms. The molecule has 0 aromatic rings. The van der Waals surface area contributed by atoms with Crippen LogP contribution in [0.1, 0.15) is 33.6 Å². The Kier molecular flexibility index (Phi) is 2.83. The van der Waals surface area contributed by atoms with Crippen LogP contribution >= 0.6 is 0 Å². The summed E-state index contributed by atoms with van der Waals surface area (Å²) in [4.78, 5) is 22.1. The Morgan fingerprint density at radius 3 is 2.00 bits per heavy atom. The van der Waals surface area contributed by atoms with Crippen LogP contribution in [0.2, 0.25) is 0 Å². The molecule has 1 saturated carbocycles. The molecule has 1 rings (SSSR count). The molecule has 1 fully saturated rings. The van der Waals surface area contributed by atoms with E-state index in [4.69, 9.17) is 9.84 Å². The second-order valence-corrected chi connectivity index (χ2v) is 4.66. The Balaban J connectivity index is 2.51. The van der Waals surface area contributed by atoms with E-state index in [-0.39, 0.29) is 5.97 Å². The summed E-state index contributed by atoms with van der Waals surface area (Å²) in [6.45, 7) is 5.33. The quantitative estimate of drug-likeness (QED) is 0.685. The second-order valence-electron chi connectivity index (χ2n) is 4.66. The molecule has 0 amide bonds. The van der Waals surface area contributed by atoms with Crippen LogP contribution < -0.4 is 0 Å². The molecule has 0 bridgehead atoms. The fourth-order valence-electron chi connectivity index (χ4n) is 1.46. The summed E-state index contributed by atoms with van der Waals surface area (Å²) in [6.07, 6.45) is 1.21. The fraction of sp³-hybridized carbons (Fsp3) is 0.800. The normalized spacial score (nSPS) is 26.5. The van der Waals surface area contributed by atoms with E-state index in [1.165, 1.54) is 0 Å². The summed E-state index contributed by atoms with van der Waals surface area (Å²) in [6, 6.07) is 0. The summed E-state index contributed by atoms with van der Waals surface area (Å²) < 4.78 is 5.12. The Hall–Kier alpha value is -1.06. The first-order chi connectivity index (χ1) is 6.31. The van der Waals surface area contributed by atoms with Gasteiger partial charge in [-0.15, -0.1) is 0 Å². The Labute approximate surface area is 83.2 Å². The molecular weight excluding hydrogens is 184 g/mol. The van der Waals surface area contributed by atoms with E-state index in [9.17, 15) is 9.59 Å². The minimum Gasteiger partial charge on any atom is -0.481 e. The van der Waals surface area contributed by atoms with Crippen LogP contribution in [-0.2, 0) is 14.3 Å². The average molecular weight is 200 g/mol. The molecule has 1 aliphatic rings. The highest BCUT2D eigenvalue weighted by molar-refractivity contribution is 5.83. The van der Waals surface area contributed by atoms with Crippen LogP contribution in [0.5, 0.6) is 0 Å². The molecule has 0 unspecified atom stereocenters. The van der Waals surface area contributed by atoms with Gasteiger partial charge >= 0.3 is 11.9 Å². The maximum Gasteiger partial charge on any atom is 0.310 e. The SMILES string of the molecule is CC(C)(C)OC(=O)[C@@H]1CC[C@@H]1C(=O)O. The molecular formula is C10H16O4. The van der Waals surface area contributed by atoms with E-state index in [2.05, 4.69) is 0 Å². The van der Waals surface area contributed by atoms with Crippen LogP contribution in [0, 0.1) is 11.8 Å². The zero-order valence-electron chi connectivity index (χ0n) is 8.74. The molecule has 1 aliphatic carbocycles. The minimum absolute atomic E-state index is 0.379. The van der Waals surface area contributed by atoms with Crippen LogP contribution in [0.15, 0.2) is 0 Å². The highest BCUT2D eigenvalue weighted by atomic mass is 16.6. The lowest BCUT2D eigenvalue weighted by molar-refractivity contribution is -0.172. The summed E-state index contributed by atoms with van der Waals surface area (Å²) in [5.74, 6) is -2.25. The van der Waals surface area contributed by atoms with Crippen LogP contribution in [0.25, 0.3) is 0 Å². The predicted octanol–water partition coefficient (Wildman–Crippen LogP) is 1.44. The molecule has 0 radical (unpaired) electrons. The third-order valence-electron chi connectivity index (χ3n) is 2.30. The van der Waals surface area contributed by atoms with Gasteiger partial charge in [0, 0.05) is 0 Å². The van der Waals surface area contributed by atoms with Crippen molar-refractivity contribution in [3.8, 4) is 0 Å². The highest BCUT2D eigenvalue weighted by Crippen LogP contribution is 2.36. The highest BCUT2D eigenvalue weighted by Gasteiger charge is 2.43. The van der Waals surface area contributed by atoms with Gasteiger partial charge in [0.1, 0.15) is 5.60 Å². The Bertz CT molecular complexity index is 251. The lowest BCUT2D eigenvalue weighted by Crippen LogP contribution is -2.41. The van der Waals surface area contributed by atoms with Crippen LogP contribution in [0.4, 0.5) is 0 Å². The van der Waals surface area contributed by atoms with Crippen molar-refractivity contribution in [2.24, 2.45) is 11.8 Å². The molecule has 1 N–H and O–H groups in total. The van der Waals surface area contributed by atoms with E-state index in [1.54, 1.807) is 20.8 Å². The van der Waals surface area contributed by atoms with Crippen molar-refractivity contribution in [1.82, 2.24) is 0 Å². The molecule has 0 spiro atoms. The van der Waals surface area contributed by atoms with E-state index in [0.717, 1.165) is 0 Å². The van der Waals surface area contributed by atoms with Gasteiger partial charge in [-0.2, -0.15) is 0 Å². The summed E-state index contributed by atoms with van der Waals surface area (Å²) in [5.41, 5.74) is -0.532. The number of hydrogen-bond donors (Lipinski definition) is 1. The molecule has 0 heterocycles. The van der Waals surface area contributed by atoms with Gasteiger partial charge in [0.2, 0.25) is 0 Å². The summed E-state index contributed by atoms with van der Waals surface area (Å²) >= 11 is 0. The Morgan fingerprint density at radius 2 is 1.71 bits per heavy atom. The molecule has 0 aromatic carbocycles. The number of carboxylic acid groups (broad SMARTS) is 1. The molecule has 0 aromatic heterocycles. The second kappa shape index (κ2) is 3.59. The lowest BCUT2D eigenvalue weighted by atomic mass is 9.73. The Morgan fingerprint density at radius 1 is 1.21 bits per heavy atom. The van der Waals surface area contributed by atoms with Crippen molar-refractivity contribution in [1.29, 1.82) is 0 Å². The number of carbonyl (C=O) groups excluding carboxylic acids is 1. The summed E-state index contributed by atoms with van der Waals surface area (Å²) in [5, 5.41) is 8.74. The van der Waals surface area contributed by atoms with Crippen molar-refractivity contribution >= 4 is 11.9 Å². The lowest BCUT2D eigenvalue weighted by Gasteiger charge is -2.33. The smallest absolute Gasteiger partial charge is 0.310 e. The number of rotatable bonds is 2. The van der Waals surface area contributed by atoms with Crippen molar-refractivity contribution in [3.05, 3.63) is 0 Å². The molecule has 4 nitrogen and oxygen atoms in total. The fourth-order valence-corrected chi connectivity index (χ4v) is 1.46. The minimum atomic E-state index is -0.896. The zero-order chi connectivity index (χ0) is 10.9. The molecule has 2 atom stereocenters. The van der Waals surface area contributed by atoms with Crippen LogP contribution in [0.3, 0.4) is 0 Å². The van der Waals surface area contributed by atoms with Crippen molar-refractivity contribution in [3.63, 3.8) is 0 Å². The van der Waals surface area contributed by atoms with Gasteiger partial charge < -0.3 is 9.84 Å². The first kappa shape index (κ1) is 11.0. The van der Waals surface area contributed by atoms with Gasteiger partial charge in [-0.3, -0.25) is 9.59 Å². The monoisotopic (exact) mass is 200 g/mol. The number of esters is 1. The number of ether oxygens (including phenoxy) is 1. The maximum atomic E-state index is 11.5. The molecule has 0 saturated heterocycles. The van der Waals surface area contributed by atoms with E-state index < -0.39 is 23.4 Å². The number of carbonyl (C=O) groups is 2. The third-order valence-corrected chi connectivity index (χ3v) is 2.30. The van der Waals surface area contributed by atoms with Gasteiger partial charge in [-0.25, -0.2) is 0 Å². The standard InChI is InChI=1S/C10H16O4/c1-10(2,3)14-9(13)7-5-4-6(7)8(11)12/h6-7H,4-5H2,1-3H3,(H,11,12)/t6-,7+/m0/s1. The average Bonchev–Trinajstić information content (AvgIpc) is 1.75. The van der Waals surface area contributed by atoms with Crippen LogP contribution in [-0.4, -0.2) is 22.6 Å². The van der Waals surface area contributed by atoms with Gasteiger partial charge in [-0.05, 0) is 33.6 Å². The summed E-state index contributed by atoms with van der Waals surface area (Å²) in [7, 11) is 0. The number of carboxylic acids is 1. The van der Waals surface area contributed by atoms with Crippen molar-refractivity contribution in [2.75, 3.05) is 0 Å². The largest absolute Gasteiger partial charge is 0.481 e.